The van der Waals surface area contributed by atoms with Crippen LogP contribution in [0.1, 0.15) is 39.3 Å². The molecule has 0 fully saturated rings. The summed E-state index contributed by atoms with van der Waals surface area (Å²) in [5.41, 5.74) is 1.07. The Kier molecular flexibility index (Phi) is 5.69. The summed E-state index contributed by atoms with van der Waals surface area (Å²) in [6.45, 7) is 9.57. The Morgan fingerprint density at radius 2 is 1.50 bits per heavy atom. The summed E-state index contributed by atoms with van der Waals surface area (Å²) >= 11 is 0. The van der Waals surface area contributed by atoms with Gasteiger partial charge >= 0.3 is 0 Å². The molecule has 0 saturated heterocycles. The van der Waals surface area contributed by atoms with Gasteiger partial charge < -0.3 is 19.5 Å². The van der Waals surface area contributed by atoms with Crippen LogP contribution in [0.5, 0.6) is 17.2 Å². The van der Waals surface area contributed by atoms with E-state index in [1.165, 1.54) is 0 Å². The Morgan fingerprint density at radius 1 is 1.00 bits per heavy atom. The van der Waals surface area contributed by atoms with E-state index in [9.17, 15) is 0 Å². The summed E-state index contributed by atoms with van der Waals surface area (Å²) in [5.74, 6) is 2.29. The first kappa shape index (κ1) is 16.6. The van der Waals surface area contributed by atoms with Gasteiger partial charge in [0, 0.05) is 18.2 Å². The molecule has 0 saturated carbocycles. The molecule has 0 aliphatic carbocycles. The van der Waals surface area contributed by atoms with Crippen molar-refractivity contribution in [3.05, 3.63) is 17.7 Å². The number of ether oxygens (including phenoxy) is 3. The van der Waals surface area contributed by atoms with E-state index in [0.29, 0.717) is 0 Å². The maximum absolute atomic E-state index is 5.55. The minimum Gasteiger partial charge on any atom is -0.496 e. The Hall–Kier alpha value is -1.42. The van der Waals surface area contributed by atoms with Gasteiger partial charge in [-0.2, -0.15) is 0 Å². The third-order valence-corrected chi connectivity index (χ3v) is 3.32. The van der Waals surface area contributed by atoms with Gasteiger partial charge in [-0.1, -0.05) is 27.7 Å². The molecule has 0 aliphatic rings. The van der Waals surface area contributed by atoms with E-state index < -0.39 is 0 Å². The fourth-order valence-corrected chi connectivity index (χ4v) is 2.36. The van der Waals surface area contributed by atoms with Gasteiger partial charge in [0.05, 0.1) is 26.9 Å². The maximum Gasteiger partial charge on any atom is 0.131 e. The summed E-state index contributed by atoms with van der Waals surface area (Å²) in [7, 11) is 4.98. The first-order chi connectivity index (χ1) is 9.38. The molecule has 0 spiro atoms. The number of hydrogen-bond donors (Lipinski definition) is 1. The average molecular weight is 281 g/mol. The van der Waals surface area contributed by atoms with Gasteiger partial charge in [-0.05, 0) is 12.0 Å². The lowest BCUT2D eigenvalue weighted by atomic mass is 9.81. The zero-order chi connectivity index (χ0) is 15.3. The molecule has 4 heteroatoms. The zero-order valence-corrected chi connectivity index (χ0v) is 13.7. The van der Waals surface area contributed by atoms with Gasteiger partial charge in [-0.15, -0.1) is 0 Å². The van der Waals surface area contributed by atoms with Crippen LogP contribution in [0.15, 0.2) is 12.1 Å². The Morgan fingerprint density at radius 3 is 1.80 bits per heavy atom. The van der Waals surface area contributed by atoms with Crippen molar-refractivity contribution in [2.45, 2.75) is 33.7 Å². The first-order valence-corrected chi connectivity index (χ1v) is 6.92. The summed E-state index contributed by atoms with van der Waals surface area (Å²) in [5, 5.41) is 3.52. The summed E-state index contributed by atoms with van der Waals surface area (Å²) in [4.78, 5) is 0. The highest BCUT2D eigenvalue weighted by atomic mass is 16.5. The lowest BCUT2D eigenvalue weighted by molar-refractivity contribution is 0.258. The van der Waals surface area contributed by atoms with E-state index in [2.05, 4.69) is 33.0 Å². The minimum absolute atomic E-state index is 0.0329. The van der Waals surface area contributed by atoms with E-state index in [-0.39, 0.29) is 11.5 Å². The summed E-state index contributed by atoms with van der Waals surface area (Å²) < 4.78 is 16.4. The first-order valence-electron chi connectivity index (χ1n) is 6.92. The van der Waals surface area contributed by atoms with Gasteiger partial charge in [0.1, 0.15) is 17.2 Å². The average Bonchev–Trinajstić information content (AvgIpc) is 2.42. The zero-order valence-electron chi connectivity index (χ0n) is 13.7. The van der Waals surface area contributed by atoms with Crippen molar-refractivity contribution in [3.8, 4) is 17.2 Å². The van der Waals surface area contributed by atoms with Crippen molar-refractivity contribution in [1.29, 1.82) is 0 Å². The van der Waals surface area contributed by atoms with Gasteiger partial charge in [-0.3, -0.25) is 0 Å². The molecule has 1 rings (SSSR count). The molecule has 0 aromatic heterocycles. The molecular formula is C16H27NO3. The predicted octanol–water partition coefficient (Wildman–Crippen LogP) is 3.41. The highest BCUT2D eigenvalue weighted by Gasteiger charge is 2.31. The van der Waals surface area contributed by atoms with E-state index in [1.807, 2.05) is 12.1 Å². The van der Waals surface area contributed by atoms with E-state index in [0.717, 1.165) is 29.4 Å². The summed E-state index contributed by atoms with van der Waals surface area (Å²) in [6.07, 6.45) is 0. The second-order valence-corrected chi connectivity index (χ2v) is 5.80. The van der Waals surface area contributed by atoms with E-state index >= 15 is 0 Å². The van der Waals surface area contributed by atoms with E-state index in [4.69, 9.17) is 14.2 Å². The van der Waals surface area contributed by atoms with Crippen molar-refractivity contribution in [1.82, 2.24) is 5.32 Å². The van der Waals surface area contributed by atoms with Crippen molar-refractivity contribution >= 4 is 0 Å². The molecule has 0 bridgehead atoms. The topological polar surface area (TPSA) is 39.7 Å². The normalized spacial score (nSPS) is 12.9. The Balaban J connectivity index is 3.45. The van der Waals surface area contributed by atoms with Crippen molar-refractivity contribution in [2.75, 3.05) is 27.9 Å². The Bertz CT molecular complexity index is 413. The molecule has 4 nitrogen and oxygen atoms in total. The van der Waals surface area contributed by atoms with Crippen LogP contribution in [0.2, 0.25) is 0 Å². The smallest absolute Gasteiger partial charge is 0.131 e. The lowest BCUT2D eigenvalue weighted by Crippen LogP contribution is -2.32. The van der Waals surface area contributed by atoms with Crippen LogP contribution in [-0.2, 0) is 0 Å². The highest BCUT2D eigenvalue weighted by molar-refractivity contribution is 5.52. The third-order valence-electron chi connectivity index (χ3n) is 3.32. The molecule has 1 N–H and O–H groups in total. The monoisotopic (exact) mass is 281 g/mol. The molecule has 0 aliphatic heterocycles. The maximum atomic E-state index is 5.55. The molecule has 1 aromatic rings. The standard InChI is InChI=1S/C16H27NO3/c1-8-17-15(16(2,3)4)14-12(19-6)9-11(18-5)10-13(14)20-7/h9-10,15,17H,8H2,1-7H3. The Labute approximate surface area is 122 Å². The van der Waals surface area contributed by atoms with Crippen molar-refractivity contribution in [3.63, 3.8) is 0 Å². The molecule has 0 heterocycles. The second-order valence-electron chi connectivity index (χ2n) is 5.80. The van der Waals surface area contributed by atoms with Crippen LogP contribution < -0.4 is 19.5 Å². The van der Waals surface area contributed by atoms with Crippen LogP contribution >= 0.6 is 0 Å². The SMILES string of the molecule is CCNC(c1c(OC)cc(OC)cc1OC)C(C)(C)C. The third kappa shape index (κ3) is 3.57. The van der Waals surface area contributed by atoms with Crippen LogP contribution in [0.4, 0.5) is 0 Å². The molecule has 0 radical (unpaired) electrons. The number of nitrogens with one attached hydrogen (secondary N) is 1. The number of hydrogen-bond acceptors (Lipinski definition) is 4. The predicted molar refractivity (Wildman–Crippen MR) is 82.0 cm³/mol. The van der Waals surface area contributed by atoms with Gasteiger partial charge in [0.25, 0.3) is 0 Å². The molecule has 114 valence electrons. The molecule has 0 amide bonds. The van der Waals surface area contributed by atoms with Gasteiger partial charge in [0.2, 0.25) is 0 Å². The fraction of sp³-hybridized carbons (Fsp3) is 0.625. The molecule has 20 heavy (non-hydrogen) atoms. The molecular weight excluding hydrogens is 254 g/mol. The number of benzene rings is 1. The van der Waals surface area contributed by atoms with Gasteiger partial charge in [-0.25, -0.2) is 0 Å². The van der Waals surface area contributed by atoms with Gasteiger partial charge in [0.15, 0.2) is 0 Å². The van der Waals surface area contributed by atoms with Crippen LogP contribution in [0.25, 0.3) is 0 Å². The molecule has 1 atom stereocenters. The fourth-order valence-electron chi connectivity index (χ4n) is 2.36. The summed E-state index contributed by atoms with van der Waals surface area (Å²) in [6, 6.07) is 3.92. The van der Waals surface area contributed by atoms with Crippen LogP contribution in [-0.4, -0.2) is 27.9 Å². The minimum atomic E-state index is 0.0329. The number of methoxy groups -OCH3 is 3. The van der Waals surface area contributed by atoms with E-state index in [1.54, 1.807) is 21.3 Å². The lowest BCUT2D eigenvalue weighted by Gasteiger charge is -2.33. The largest absolute Gasteiger partial charge is 0.496 e. The van der Waals surface area contributed by atoms with Crippen LogP contribution in [0.3, 0.4) is 0 Å². The van der Waals surface area contributed by atoms with Crippen LogP contribution in [0, 0.1) is 5.41 Å². The quantitative estimate of drug-likeness (QED) is 0.867. The number of rotatable bonds is 6. The van der Waals surface area contributed by atoms with Crippen molar-refractivity contribution < 1.29 is 14.2 Å². The van der Waals surface area contributed by atoms with Crippen molar-refractivity contribution in [2.24, 2.45) is 5.41 Å². The highest BCUT2D eigenvalue weighted by Crippen LogP contribution is 2.44. The molecule has 1 unspecified atom stereocenters. The second kappa shape index (κ2) is 6.84. The molecule has 1 aromatic carbocycles.